The number of hydrogen-bond donors (Lipinski definition) is 1. The maximum Gasteiger partial charge on any atom is 0.242 e. The number of ether oxygens (including phenoxy) is 1. The summed E-state index contributed by atoms with van der Waals surface area (Å²) in [6.45, 7) is 8.99. The number of methoxy groups -OCH3 is 1. The van der Waals surface area contributed by atoms with Crippen LogP contribution in [0.15, 0.2) is 42.5 Å². The predicted molar refractivity (Wildman–Crippen MR) is 121 cm³/mol. The normalized spacial score (nSPS) is 11.6. The Morgan fingerprint density at radius 2 is 1.77 bits per heavy atom. The van der Waals surface area contributed by atoms with E-state index in [2.05, 4.69) is 11.4 Å². The fourth-order valence-electron chi connectivity index (χ4n) is 3.47. The molecule has 5 heteroatoms. The van der Waals surface area contributed by atoms with Gasteiger partial charge in [-0.25, -0.2) is 0 Å². The highest BCUT2D eigenvalue weighted by molar-refractivity contribution is 5.88. The van der Waals surface area contributed by atoms with Gasteiger partial charge in [-0.3, -0.25) is 9.59 Å². The summed E-state index contributed by atoms with van der Waals surface area (Å²) in [7, 11) is 1.63. The summed E-state index contributed by atoms with van der Waals surface area (Å²) in [5, 5.41) is 2.95. The largest absolute Gasteiger partial charge is 0.497 e. The molecule has 1 N–H and O–H groups in total. The molecular formula is C25H34N2O3. The van der Waals surface area contributed by atoms with Crippen LogP contribution < -0.4 is 10.1 Å². The first-order valence-electron chi connectivity index (χ1n) is 10.7. The summed E-state index contributed by atoms with van der Waals surface area (Å²) < 4.78 is 5.23. The Morgan fingerprint density at radius 3 is 2.37 bits per heavy atom. The number of amides is 2. The van der Waals surface area contributed by atoms with Crippen LogP contribution in [0.1, 0.15) is 48.9 Å². The number of hydrogen-bond acceptors (Lipinski definition) is 3. The molecule has 30 heavy (non-hydrogen) atoms. The van der Waals surface area contributed by atoms with Crippen LogP contribution in [0.4, 0.5) is 0 Å². The lowest BCUT2D eigenvalue weighted by Crippen LogP contribution is -2.49. The van der Waals surface area contributed by atoms with Gasteiger partial charge in [0.05, 0.1) is 13.5 Å². The van der Waals surface area contributed by atoms with E-state index < -0.39 is 6.04 Å². The van der Waals surface area contributed by atoms with Crippen molar-refractivity contribution in [2.75, 3.05) is 13.7 Å². The van der Waals surface area contributed by atoms with Crippen molar-refractivity contribution in [2.45, 2.75) is 59.5 Å². The predicted octanol–water partition coefficient (Wildman–Crippen LogP) is 4.19. The molecular weight excluding hydrogens is 376 g/mol. The highest BCUT2D eigenvalue weighted by atomic mass is 16.5. The molecule has 0 heterocycles. The van der Waals surface area contributed by atoms with Gasteiger partial charge in [0.2, 0.25) is 11.8 Å². The van der Waals surface area contributed by atoms with Gasteiger partial charge in [0, 0.05) is 13.1 Å². The van der Waals surface area contributed by atoms with E-state index in [1.807, 2.05) is 64.1 Å². The zero-order valence-corrected chi connectivity index (χ0v) is 18.8. The lowest BCUT2D eigenvalue weighted by Gasteiger charge is -2.31. The van der Waals surface area contributed by atoms with Crippen molar-refractivity contribution in [3.8, 4) is 5.75 Å². The highest BCUT2D eigenvalue weighted by Crippen LogP contribution is 2.19. The fourth-order valence-corrected chi connectivity index (χ4v) is 3.47. The van der Waals surface area contributed by atoms with Crippen molar-refractivity contribution in [3.63, 3.8) is 0 Å². The number of nitrogens with zero attached hydrogens (tertiary/aromatic N) is 1. The van der Waals surface area contributed by atoms with Crippen LogP contribution in [0.3, 0.4) is 0 Å². The van der Waals surface area contributed by atoms with E-state index >= 15 is 0 Å². The van der Waals surface area contributed by atoms with Crippen molar-refractivity contribution >= 4 is 11.8 Å². The molecule has 0 radical (unpaired) electrons. The Hall–Kier alpha value is -2.82. The van der Waals surface area contributed by atoms with Gasteiger partial charge in [0.15, 0.2) is 0 Å². The first-order valence-corrected chi connectivity index (χ1v) is 10.7. The molecule has 0 saturated heterocycles. The van der Waals surface area contributed by atoms with E-state index in [9.17, 15) is 9.59 Å². The summed E-state index contributed by atoms with van der Waals surface area (Å²) in [5.74, 6) is 0.625. The van der Waals surface area contributed by atoms with Gasteiger partial charge >= 0.3 is 0 Å². The third kappa shape index (κ3) is 6.34. The molecule has 0 spiro atoms. The second-order valence-corrected chi connectivity index (χ2v) is 7.69. The topological polar surface area (TPSA) is 58.6 Å². The van der Waals surface area contributed by atoms with Gasteiger partial charge in [-0.15, -0.1) is 0 Å². The molecule has 0 aromatic heterocycles. The van der Waals surface area contributed by atoms with Gasteiger partial charge < -0.3 is 15.0 Å². The SMILES string of the molecule is CCCNC(=O)[C@H](CC)N(Cc1ccc(OC)cc1)C(=O)Cc1cc(C)ccc1C. The molecule has 2 aromatic carbocycles. The number of carbonyl (C=O) groups excluding carboxylic acids is 2. The molecule has 0 unspecified atom stereocenters. The summed E-state index contributed by atoms with van der Waals surface area (Å²) in [6.07, 6.45) is 1.70. The molecule has 0 aliphatic carbocycles. The van der Waals surface area contributed by atoms with Crippen LogP contribution >= 0.6 is 0 Å². The first-order chi connectivity index (χ1) is 14.4. The lowest BCUT2D eigenvalue weighted by molar-refractivity contribution is -0.140. The number of carbonyl (C=O) groups is 2. The maximum atomic E-state index is 13.4. The Bertz CT molecular complexity index is 846. The average Bonchev–Trinajstić information content (AvgIpc) is 2.75. The van der Waals surface area contributed by atoms with E-state index in [-0.39, 0.29) is 18.2 Å². The van der Waals surface area contributed by atoms with Gasteiger partial charge in [-0.1, -0.05) is 49.7 Å². The second-order valence-electron chi connectivity index (χ2n) is 7.69. The van der Waals surface area contributed by atoms with E-state index in [1.165, 1.54) is 0 Å². The van der Waals surface area contributed by atoms with Crippen molar-refractivity contribution in [2.24, 2.45) is 0 Å². The molecule has 2 rings (SSSR count). The Labute approximate surface area is 180 Å². The van der Waals surface area contributed by atoms with E-state index in [0.29, 0.717) is 19.5 Å². The van der Waals surface area contributed by atoms with E-state index in [1.54, 1.807) is 12.0 Å². The maximum absolute atomic E-state index is 13.4. The molecule has 162 valence electrons. The van der Waals surface area contributed by atoms with Gasteiger partial charge in [0.25, 0.3) is 0 Å². The monoisotopic (exact) mass is 410 g/mol. The molecule has 0 aliphatic heterocycles. The third-order valence-corrected chi connectivity index (χ3v) is 5.29. The number of aryl methyl sites for hydroxylation is 2. The molecule has 2 aromatic rings. The van der Waals surface area contributed by atoms with Crippen LogP contribution in [-0.4, -0.2) is 36.4 Å². The standard InChI is InChI=1S/C25H34N2O3/c1-6-14-26-25(29)23(7-2)27(17-20-10-12-22(30-5)13-11-20)24(28)16-21-15-18(3)8-9-19(21)4/h8-13,15,23H,6-7,14,16-17H2,1-5H3,(H,26,29)/t23-/m0/s1. The van der Waals surface area contributed by atoms with Crippen LogP contribution in [-0.2, 0) is 22.6 Å². The molecule has 0 bridgehead atoms. The number of rotatable bonds is 10. The molecule has 1 atom stereocenters. The molecule has 2 amide bonds. The fraction of sp³-hybridized carbons (Fsp3) is 0.440. The quantitative estimate of drug-likeness (QED) is 0.639. The Balaban J connectivity index is 2.30. The third-order valence-electron chi connectivity index (χ3n) is 5.29. The highest BCUT2D eigenvalue weighted by Gasteiger charge is 2.28. The van der Waals surface area contributed by atoms with Gasteiger partial charge in [-0.2, -0.15) is 0 Å². The Kier molecular flexibility index (Phi) is 8.90. The second kappa shape index (κ2) is 11.4. The summed E-state index contributed by atoms with van der Waals surface area (Å²) in [4.78, 5) is 27.9. The molecule has 0 aliphatic rings. The van der Waals surface area contributed by atoms with Crippen LogP contribution in [0.25, 0.3) is 0 Å². The van der Waals surface area contributed by atoms with E-state index in [4.69, 9.17) is 4.74 Å². The average molecular weight is 411 g/mol. The van der Waals surface area contributed by atoms with E-state index in [0.717, 1.165) is 34.4 Å². The van der Waals surface area contributed by atoms with Crippen molar-refractivity contribution in [1.29, 1.82) is 0 Å². The summed E-state index contributed by atoms with van der Waals surface area (Å²) in [5.41, 5.74) is 4.18. The van der Waals surface area contributed by atoms with Crippen molar-refractivity contribution in [1.82, 2.24) is 10.2 Å². The minimum Gasteiger partial charge on any atom is -0.497 e. The molecule has 0 saturated carbocycles. The zero-order chi connectivity index (χ0) is 22.1. The van der Waals surface area contributed by atoms with Gasteiger partial charge in [0.1, 0.15) is 11.8 Å². The van der Waals surface area contributed by atoms with Crippen LogP contribution in [0.2, 0.25) is 0 Å². The van der Waals surface area contributed by atoms with Crippen molar-refractivity contribution in [3.05, 3.63) is 64.7 Å². The van der Waals surface area contributed by atoms with Crippen LogP contribution in [0, 0.1) is 13.8 Å². The van der Waals surface area contributed by atoms with Gasteiger partial charge in [-0.05, 0) is 55.5 Å². The molecule has 5 nitrogen and oxygen atoms in total. The number of benzene rings is 2. The molecule has 0 fully saturated rings. The Morgan fingerprint density at radius 1 is 1.07 bits per heavy atom. The summed E-state index contributed by atoms with van der Waals surface area (Å²) in [6, 6.07) is 13.3. The summed E-state index contributed by atoms with van der Waals surface area (Å²) >= 11 is 0. The lowest BCUT2D eigenvalue weighted by atomic mass is 10.0. The zero-order valence-electron chi connectivity index (χ0n) is 18.8. The first kappa shape index (κ1) is 23.5. The minimum absolute atomic E-state index is 0.0435. The number of nitrogens with one attached hydrogen (secondary N) is 1. The van der Waals surface area contributed by atoms with Crippen LogP contribution in [0.5, 0.6) is 5.75 Å². The minimum atomic E-state index is -0.503. The van der Waals surface area contributed by atoms with Crippen molar-refractivity contribution < 1.29 is 14.3 Å². The smallest absolute Gasteiger partial charge is 0.242 e.